The third-order valence-corrected chi connectivity index (χ3v) is 9.53. The highest BCUT2D eigenvalue weighted by Gasteiger charge is 2.49. The minimum Gasteiger partial charge on any atom is -0.408 e. The molecule has 0 radical (unpaired) electrons. The second-order valence-corrected chi connectivity index (χ2v) is 12.5. The molecule has 24 heavy (non-hydrogen) atoms. The number of aromatic amines is 1. The quantitative estimate of drug-likeness (QED) is 0.833. The Labute approximate surface area is 143 Å². The van der Waals surface area contributed by atoms with Gasteiger partial charge in [-0.3, -0.25) is 14.3 Å². The molecule has 0 bridgehead atoms. The van der Waals surface area contributed by atoms with E-state index in [1.54, 1.807) is 7.11 Å². The molecule has 1 aliphatic heterocycles. The number of rotatable bonds is 4. The van der Waals surface area contributed by atoms with Crippen molar-refractivity contribution in [2.75, 3.05) is 7.11 Å². The lowest BCUT2D eigenvalue weighted by Crippen LogP contribution is -2.49. The number of nitrogens with one attached hydrogen (secondary N) is 1. The molecule has 136 valence electrons. The molecule has 0 amide bonds. The van der Waals surface area contributed by atoms with E-state index in [4.69, 9.17) is 13.9 Å². The van der Waals surface area contributed by atoms with E-state index in [1.807, 2.05) is 6.92 Å². The van der Waals surface area contributed by atoms with Gasteiger partial charge in [-0.1, -0.05) is 20.8 Å². The maximum absolute atomic E-state index is 12.1. The molecule has 2 heterocycles. The summed E-state index contributed by atoms with van der Waals surface area (Å²) in [7, 11) is -0.447. The highest BCUT2D eigenvalue weighted by atomic mass is 28.4. The summed E-state index contributed by atoms with van der Waals surface area (Å²) in [5, 5.41) is 0.0535. The van der Waals surface area contributed by atoms with Crippen LogP contribution in [0.5, 0.6) is 0 Å². The van der Waals surface area contributed by atoms with Crippen LogP contribution in [0.15, 0.2) is 21.9 Å². The van der Waals surface area contributed by atoms with E-state index < -0.39 is 31.9 Å². The lowest BCUT2D eigenvalue weighted by molar-refractivity contribution is -0.0511. The zero-order valence-electron chi connectivity index (χ0n) is 15.5. The first kappa shape index (κ1) is 19.1. The average Bonchev–Trinajstić information content (AvgIpc) is 2.73. The molecule has 0 spiro atoms. The van der Waals surface area contributed by atoms with Gasteiger partial charge in [0, 0.05) is 19.4 Å². The summed E-state index contributed by atoms with van der Waals surface area (Å²) >= 11 is 0. The van der Waals surface area contributed by atoms with E-state index in [-0.39, 0.29) is 17.2 Å². The first-order chi connectivity index (χ1) is 11.0. The van der Waals surface area contributed by atoms with Crippen LogP contribution < -0.4 is 11.2 Å². The zero-order chi connectivity index (χ0) is 18.3. The predicted molar refractivity (Wildman–Crippen MR) is 93.8 cm³/mol. The summed E-state index contributed by atoms with van der Waals surface area (Å²) in [4.78, 5) is 25.6. The van der Waals surface area contributed by atoms with Crippen LogP contribution in [-0.2, 0) is 13.9 Å². The van der Waals surface area contributed by atoms with Gasteiger partial charge in [-0.2, -0.15) is 0 Å². The zero-order valence-corrected chi connectivity index (χ0v) is 16.5. The van der Waals surface area contributed by atoms with Crippen molar-refractivity contribution < 1.29 is 13.9 Å². The normalized spacial score (nSPS) is 28.3. The third kappa shape index (κ3) is 3.56. The van der Waals surface area contributed by atoms with E-state index in [0.29, 0.717) is 0 Å². The maximum atomic E-state index is 12.1. The number of aromatic nitrogens is 2. The summed E-state index contributed by atoms with van der Waals surface area (Å²) in [5.74, 6) is 0. The molecule has 1 aromatic rings. The molecule has 1 aromatic heterocycles. The number of nitrogens with zero attached hydrogens (tertiary/aromatic N) is 1. The van der Waals surface area contributed by atoms with Gasteiger partial charge in [-0.05, 0) is 25.1 Å². The Hall–Kier alpha value is -1.22. The molecular weight excluding hydrogens is 328 g/mol. The Balaban J connectivity index is 2.33. The molecule has 0 saturated carbocycles. The van der Waals surface area contributed by atoms with Gasteiger partial charge in [0.05, 0.1) is 6.10 Å². The van der Waals surface area contributed by atoms with E-state index in [2.05, 4.69) is 38.8 Å². The van der Waals surface area contributed by atoms with Gasteiger partial charge in [0.1, 0.15) is 12.2 Å². The van der Waals surface area contributed by atoms with Crippen molar-refractivity contribution in [1.82, 2.24) is 9.55 Å². The standard InChI is InChI=1S/C16H28N2O5Si/c1-10-12(23-24(6,7)16(2,3)4)13(21-5)14(22-10)18-9-8-11(19)17-15(18)20/h8-10,12-14H,1-7H3,(H,17,19,20)/t10-,12?,13?,14-/m1/s1. The van der Waals surface area contributed by atoms with E-state index in [0.717, 1.165) is 0 Å². The predicted octanol–water partition coefficient (Wildman–Crippen LogP) is 1.86. The Bertz CT molecular complexity index is 691. The Morgan fingerprint density at radius 2 is 1.88 bits per heavy atom. The number of methoxy groups -OCH3 is 1. The second-order valence-electron chi connectivity index (χ2n) is 7.79. The fourth-order valence-electron chi connectivity index (χ4n) is 2.59. The van der Waals surface area contributed by atoms with Crippen molar-refractivity contribution in [3.05, 3.63) is 33.1 Å². The fraction of sp³-hybridized carbons (Fsp3) is 0.750. The second kappa shape index (κ2) is 6.59. The van der Waals surface area contributed by atoms with E-state index >= 15 is 0 Å². The van der Waals surface area contributed by atoms with Gasteiger partial charge < -0.3 is 13.9 Å². The molecule has 4 atom stereocenters. The smallest absolute Gasteiger partial charge is 0.330 e. The number of hydrogen-bond donors (Lipinski definition) is 1. The summed E-state index contributed by atoms with van der Waals surface area (Å²) in [5.41, 5.74) is -0.958. The largest absolute Gasteiger partial charge is 0.408 e. The lowest BCUT2D eigenvalue weighted by Gasteiger charge is -2.40. The van der Waals surface area contributed by atoms with Gasteiger partial charge in [0.25, 0.3) is 5.56 Å². The molecule has 7 nitrogen and oxygen atoms in total. The number of ether oxygens (including phenoxy) is 2. The molecule has 2 unspecified atom stereocenters. The van der Waals surface area contributed by atoms with Crippen molar-refractivity contribution in [1.29, 1.82) is 0 Å². The molecule has 0 aliphatic carbocycles. The van der Waals surface area contributed by atoms with Crippen molar-refractivity contribution in [2.45, 2.75) is 70.4 Å². The third-order valence-electron chi connectivity index (χ3n) is 5.06. The van der Waals surface area contributed by atoms with Crippen molar-refractivity contribution in [2.24, 2.45) is 0 Å². The van der Waals surface area contributed by atoms with Crippen LogP contribution in [0, 0.1) is 0 Å². The number of H-pyrrole nitrogens is 1. The van der Waals surface area contributed by atoms with Crippen molar-refractivity contribution in [3.8, 4) is 0 Å². The Morgan fingerprint density at radius 1 is 1.25 bits per heavy atom. The highest BCUT2D eigenvalue weighted by Crippen LogP contribution is 2.41. The minimum absolute atomic E-state index is 0.0535. The summed E-state index contributed by atoms with van der Waals surface area (Å²) in [6.07, 6.45) is -0.145. The minimum atomic E-state index is -2.03. The molecule has 1 aliphatic rings. The summed E-state index contributed by atoms with van der Waals surface area (Å²) in [6, 6.07) is 1.30. The molecule has 1 saturated heterocycles. The summed E-state index contributed by atoms with van der Waals surface area (Å²) in [6.45, 7) is 12.8. The van der Waals surface area contributed by atoms with Crippen LogP contribution in [0.3, 0.4) is 0 Å². The van der Waals surface area contributed by atoms with Gasteiger partial charge in [0.2, 0.25) is 0 Å². The van der Waals surface area contributed by atoms with Crippen LogP contribution in [0.4, 0.5) is 0 Å². The van der Waals surface area contributed by atoms with Crippen LogP contribution in [-0.4, -0.2) is 43.3 Å². The van der Waals surface area contributed by atoms with Crippen LogP contribution in [0.1, 0.15) is 33.9 Å². The monoisotopic (exact) mass is 356 g/mol. The van der Waals surface area contributed by atoms with E-state index in [9.17, 15) is 9.59 Å². The van der Waals surface area contributed by atoms with Crippen LogP contribution in [0.2, 0.25) is 18.1 Å². The topological polar surface area (TPSA) is 82.6 Å². The van der Waals surface area contributed by atoms with Crippen molar-refractivity contribution in [3.63, 3.8) is 0 Å². The van der Waals surface area contributed by atoms with Gasteiger partial charge in [-0.15, -0.1) is 0 Å². The van der Waals surface area contributed by atoms with Crippen molar-refractivity contribution >= 4 is 8.32 Å². The fourth-order valence-corrected chi connectivity index (χ4v) is 3.95. The van der Waals surface area contributed by atoms with Gasteiger partial charge >= 0.3 is 5.69 Å². The summed E-state index contributed by atoms with van der Waals surface area (Å²) < 4.78 is 19.4. The van der Waals surface area contributed by atoms with Gasteiger partial charge in [0.15, 0.2) is 14.5 Å². The number of hydrogen-bond acceptors (Lipinski definition) is 5. The molecule has 1 N–H and O–H groups in total. The molecule has 8 heteroatoms. The molecular formula is C16H28N2O5Si. The molecule has 2 rings (SSSR count). The maximum Gasteiger partial charge on any atom is 0.330 e. The average molecular weight is 356 g/mol. The van der Waals surface area contributed by atoms with Gasteiger partial charge in [-0.25, -0.2) is 4.79 Å². The molecule has 0 aromatic carbocycles. The Morgan fingerprint density at radius 3 is 2.38 bits per heavy atom. The first-order valence-electron chi connectivity index (χ1n) is 8.15. The first-order valence-corrected chi connectivity index (χ1v) is 11.1. The SMILES string of the molecule is COC1C(O[Si](C)(C)C(C)(C)C)[C@@H](C)O[C@H]1n1ccc(=O)[nH]c1=O. The highest BCUT2D eigenvalue weighted by molar-refractivity contribution is 6.74. The Kier molecular flexibility index (Phi) is 5.24. The lowest BCUT2D eigenvalue weighted by atomic mass is 10.1. The molecule has 1 fully saturated rings. The van der Waals surface area contributed by atoms with E-state index in [1.165, 1.54) is 16.8 Å². The van der Waals surface area contributed by atoms with Crippen LogP contribution >= 0.6 is 0 Å². The van der Waals surface area contributed by atoms with Crippen LogP contribution in [0.25, 0.3) is 0 Å².